The fourth-order valence-electron chi connectivity index (χ4n) is 4.77. The van der Waals surface area contributed by atoms with Crippen molar-refractivity contribution in [3.8, 4) is 40.2 Å². The first-order chi connectivity index (χ1) is 21.7. The number of halogens is 1. The molecular weight excluding hydrogens is 600 g/mol. The van der Waals surface area contributed by atoms with E-state index in [-0.39, 0.29) is 26.3 Å². The SMILES string of the molecule is Cc1c(COc2cc(OCc3cnn(CC#N)c3)c(CN[C@@](C)(CO)C(=O)O)cc2Cl)cccc1-c1ccc2c(c1)OCCO2. The highest BCUT2D eigenvalue weighted by atomic mass is 35.5. The van der Waals surface area contributed by atoms with Crippen molar-refractivity contribution in [1.82, 2.24) is 15.1 Å². The van der Waals surface area contributed by atoms with Gasteiger partial charge in [-0.3, -0.25) is 14.8 Å². The Morgan fingerprint density at radius 3 is 2.64 bits per heavy atom. The van der Waals surface area contributed by atoms with Gasteiger partial charge >= 0.3 is 5.97 Å². The molecule has 5 rings (SSSR count). The number of hydrogen-bond donors (Lipinski definition) is 3. The first kappa shape index (κ1) is 31.7. The molecule has 3 aromatic carbocycles. The predicted molar refractivity (Wildman–Crippen MR) is 166 cm³/mol. The van der Waals surface area contributed by atoms with E-state index < -0.39 is 18.1 Å². The van der Waals surface area contributed by atoms with E-state index in [9.17, 15) is 15.0 Å². The lowest BCUT2D eigenvalue weighted by Crippen LogP contribution is -2.52. The number of nitriles is 1. The molecule has 1 aromatic heterocycles. The highest BCUT2D eigenvalue weighted by molar-refractivity contribution is 6.32. The Labute approximate surface area is 265 Å². The largest absolute Gasteiger partial charge is 0.488 e. The van der Waals surface area contributed by atoms with Crippen LogP contribution in [0.3, 0.4) is 0 Å². The van der Waals surface area contributed by atoms with Gasteiger partial charge in [-0.15, -0.1) is 0 Å². The van der Waals surface area contributed by atoms with E-state index in [1.54, 1.807) is 24.5 Å². The van der Waals surface area contributed by atoms with Gasteiger partial charge in [0.1, 0.15) is 50.0 Å². The van der Waals surface area contributed by atoms with E-state index in [0.29, 0.717) is 41.0 Å². The van der Waals surface area contributed by atoms with E-state index in [1.165, 1.54) is 11.6 Å². The Hall–Kier alpha value is -4.76. The first-order valence-corrected chi connectivity index (χ1v) is 14.6. The number of nitrogens with zero attached hydrogens (tertiary/aromatic N) is 3. The summed E-state index contributed by atoms with van der Waals surface area (Å²) in [7, 11) is 0. The van der Waals surface area contributed by atoms with Crippen LogP contribution >= 0.6 is 11.6 Å². The third-order valence-electron chi connectivity index (χ3n) is 7.57. The van der Waals surface area contributed by atoms with Crippen molar-refractivity contribution >= 4 is 17.6 Å². The molecule has 45 heavy (non-hydrogen) atoms. The Balaban J connectivity index is 1.37. The van der Waals surface area contributed by atoms with Crippen LogP contribution in [0.1, 0.15) is 29.2 Å². The predicted octanol–water partition coefficient (Wildman–Crippen LogP) is 4.89. The molecule has 12 heteroatoms. The number of aliphatic carboxylic acids is 1. The lowest BCUT2D eigenvalue weighted by Gasteiger charge is -2.25. The maximum absolute atomic E-state index is 11.7. The van der Waals surface area contributed by atoms with Gasteiger partial charge < -0.3 is 29.2 Å². The standard InChI is InChI=1S/C33H33ClN4O7/c1-21-24(4-3-5-26(21)23-6-7-28-31(13-23)43-11-10-42-28)19-45-30-14-29(44-18-22-15-37-38(17-22)9-8-35)25(12-27(30)34)16-36-33(2,20-39)32(40)41/h3-7,12-15,17,36,39H,9-11,16,18-20H2,1-2H3,(H,40,41)/t33-/m0/s1. The fraction of sp³-hybridized carbons (Fsp3) is 0.303. The number of aromatic nitrogens is 2. The molecule has 0 saturated carbocycles. The Morgan fingerprint density at radius 2 is 1.89 bits per heavy atom. The molecule has 0 aliphatic carbocycles. The zero-order valence-corrected chi connectivity index (χ0v) is 25.6. The van der Waals surface area contributed by atoms with Crippen LogP contribution in [-0.4, -0.2) is 51.3 Å². The summed E-state index contributed by atoms with van der Waals surface area (Å²) in [5.41, 5.74) is 3.75. The molecule has 0 saturated heterocycles. The van der Waals surface area contributed by atoms with Gasteiger partial charge in [0.15, 0.2) is 11.5 Å². The monoisotopic (exact) mass is 632 g/mol. The van der Waals surface area contributed by atoms with Crippen LogP contribution in [0.25, 0.3) is 11.1 Å². The molecule has 234 valence electrons. The van der Waals surface area contributed by atoms with Gasteiger partial charge in [0.25, 0.3) is 0 Å². The zero-order valence-electron chi connectivity index (χ0n) is 24.9. The number of benzene rings is 3. The summed E-state index contributed by atoms with van der Waals surface area (Å²) >= 11 is 6.66. The van der Waals surface area contributed by atoms with Crippen LogP contribution in [0, 0.1) is 18.3 Å². The van der Waals surface area contributed by atoms with E-state index >= 15 is 0 Å². The smallest absolute Gasteiger partial charge is 0.326 e. The second-order valence-corrected chi connectivity index (χ2v) is 11.2. The summed E-state index contributed by atoms with van der Waals surface area (Å²) < 4.78 is 25.3. The van der Waals surface area contributed by atoms with Gasteiger partial charge in [0, 0.05) is 29.9 Å². The van der Waals surface area contributed by atoms with Gasteiger partial charge in [0.2, 0.25) is 0 Å². The second-order valence-electron chi connectivity index (χ2n) is 10.8. The summed E-state index contributed by atoms with van der Waals surface area (Å²) in [5.74, 6) is 1.03. The minimum atomic E-state index is -1.57. The normalized spacial score (nSPS) is 13.5. The van der Waals surface area contributed by atoms with Gasteiger partial charge in [-0.05, 0) is 54.3 Å². The number of ether oxygens (including phenoxy) is 4. The second kappa shape index (κ2) is 13.9. The molecule has 4 aromatic rings. The third-order valence-corrected chi connectivity index (χ3v) is 7.86. The number of carboxylic acid groups (broad SMARTS) is 1. The van der Waals surface area contributed by atoms with Crippen LogP contribution < -0.4 is 24.3 Å². The van der Waals surface area contributed by atoms with E-state index in [4.69, 9.17) is 35.8 Å². The number of aliphatic hydroxyl groups excluding tert-OH is 1. The molecule has 0 fully saturated rings. The fourth-order valence-corrected chi connectivity index (χ4v) is 5.01. The summed E-state index contributed by atoms with van der Waals surface area (Å²) in [6, 6.07) is 17.2. The maximum Gasteiger partial charge on any atom is 0.326 e. The van der Waals surface area contributed by atoms with Gasteiger partial charge in [-0.1, -0.05) is 35.9 Å². The van der Waals surface area contributed by atoms with Gasteiger partial charge in [-0.25, -0.2) is 0 Å². The minimum Gasteiger partial charge on any atom is -0.488 e. The third kappa shape index (κ3) is 7.32. The van der Waals surface area contributed by atoms with Gasteiger partial charge in [-0.2, -0.15) is 10.4 Å². The van der Waals surface area contributed by atoms with Crippen molar-refractivity contribution < 1.29 is 34.0 Å². The quantitative estimate of drug-likeness (QED) is 0.186. The van der Waals surface area contributed by atoms with E-state index in [1.807, 2.05) is 49.4 Å². The van der Waals surface area contributed by atoms with Gasteiger partial charge in [0.05, 0.1) is 23.9 Å². The molecule has 3 N–H and O–H groups in total. The summed E-state index contributed by atoms with van der Waals surface area (Å²) in [6.45, 7) is 4.36. The van der Waals surface area contributed by atoms with Crippen LogP contribution in [0.4, 0.5) is 0 Å². The Morgan fingerprint density at radius 1 is 1.11 bits per heavy atom. The van der Waals surface area contributed by atoms with Crippen LogP contribution in [0.5, 0.6) is 23.0 Å². The number of hydrogen-bond acceptors (Lipinski definition) is 9. The molecular formula is C33H33ClN4O7. The van der Waals surface area contributed by atoms with Crippen LogP contribution in [0.2, 0.25) is 5.02 Å². The average molecular weight is 633 g/mol. The number of nitrogens with one attached hydrogen (secondary N) is 1. The molecule has 1 atom stereocenters. The molecule has 0 unspecified atom stereocenters. The van der Waals surface area contributed by atoms with Crippen molar-refractivity contribution in [3.05, 3.63) is 88.2 Å². The summed E-state index contributed by atoms with van der Waals surface area (Å²) in [5, 5.41) is 35.5. The highest BCUT2D eigenvalue weighted by Crippen LogP contribution is 2.37. The van der Waals surface area contributed by atoms with E-state index in [0.717, 1.165) is 33.6 Å². The molecule has 0 radical (unpaired) electrons. The van der Waals surface area contributed by atoms with Crippen LogP contribution in [-0.2, 0) is 31.1 Å². The maximum atomic E-state index is 11.7. The summed E-state index contributed by atoms with van der Waals surface area (Å²) in [4.78, 5) is 11.7. The molecule has 2 heterocycles. The zero-order chi connectivity index (χ0) is 32.0. The minimum absolute atomic E-state index is 0.0447. The van der Waals surface area contributed by atoms with Crippen molar-refractivity contribution in [2.45, 2.75) is 45.7 Å². The molecule has 0 bridgehead atoms. The lowest BCUT2D eigenvalue weighted by molar-refractivity contribution is -0.145. The summed E-state index contributed by atoms with van der Waals surface area (Å²) in [6.07, 6.45) is 3.31. The number of aliphatic hydroxyl groups is 1. The lowest BCUT2D eigenvalue weighted by atomic mass is 9.96. The number of carboxylic acids is 1. The number of carbonyl (C=O) groups is 1. The molecule has 1 aliphatic rings. The Kier molecular flexibility index (Phi) is 9.78. The molecule has 1 aliphatic heterocycles. The van der Waals surface area contributed by atoms with Crippen molar-refractivity contribution in [2.24, 2.45) is 0 Å². The molecule has 0 amide bonds. The van der Waals surface area contributed by atoms with Crippen molar-refractivity contribution in [1.29, 1.82) is 5.26 Å². The van der Waals surface area contributed by atoms with Crippen molar-refractivity contribution in [2.75, 3.05) is 19.8 Å². The molecule has 11 nitrogen and oxygen atoms in total. The van der Waals surface area contributed by atoms with Crippen LogP contribution in [0.15, 0.2) is 60.9 Å². The van der Waals surface area contributed by atoms with Crippen molar-refractivity contribution in [3.63, 3.8) is 0 Å². The topological polar surface area (TPSA) is 148 Å². The Bertz CT molecular complexity index is 1730. The average Bonchev–Trinajstić information content (AvgIpc) is 3.50. The highest BCUT2D eigenvalue weighted by Gasteiger charge is 2.32. The number of fused-ring (bicyclic) bond motifs is 1. The first-order valence-electron chi connectivity index (χ1n) is 14.2. The van der Waals surface area contributed by atoms with E-state index in [2.05, 4.69) is 10.4 Å². The molecule has 0 spiro atoms. The number of rotatable bonds is 13.